The van der Waals surface area contributed by atoms with Crippen LogP contribution in [0.25, 0.3) is 0 Å². The van der Waals surface area contributed by atoms with Gasteiger partial charge in [-0.1, -0.05) is 29.8 Å². The molecule has 0 aliphatic heterocycles. The summed E-state index contributed by atoms with van der Waals surface area (Å²) in [7, 11) is 0. The second-order valence-corrected chi connectivity index (χ2v) is 5.77. The van der Waals surface area contributed by atoms with Gasteiger partial charge in [-0.3, -0.25) is 4.90 Å². The molecular formula is C18H19ClFN3. The minimum Gasteiger partial charge on any atom is -0.330 e. The molecule has 120 valence electrons. The van der Waals surface area contributed by atoms with E-state index in [1.54, 1.807) is 24.3 Å². The molecule has 0 saturated heterocycles. The molecule has 3 nitrogen and oxygen atoms in total. The normalized spacial score (nSPS) is 10.7. The molecule has 0 aliphatic rings. The van der Waals surface area contributed by atoms with Gasteiger partial charge in [0.2, 0.25) is 0 Å². The predicted octanol–water partition coefficient (Wildman–Crippen LogP) is 3.70. The van der Waals surface area contributed by atoms with Crippen molar-refractivity contribution in [3.8, 4) is 6.07 Å². The van der Waals surface area contributed by atoms with Crippen LogP contribution in [0.3, 0.4) is 0 Å². The highest BCUT2D eigenvalue weighted by atomic mass is 35.5. The molecule has 0 fully saturated rings. The molecule has 0 aliphatic carbocycles. The Labute approximate surface area is 141 Å². The van der Waals surface area contributed by atoms with Crippen molar-refractivity contribution in [2.75, 3.05) is 13.1 Å². The summed E-state index contributed by atoms with van der Waals surface area (Å²) in [6, 6.07) is 14.2. The Balaban J connectivity index is 2.14. The Kier molecular flexibility index (Phi) is 6.54. The number of benzene rings is 2. The van der Waals surface area contributed by atoms with Gasteiger partial charge in [-0.2, -0.15) is 5.26 Å². The van der Waals surface area contributed by atoms with Crippen LogP contribution < -0.4 is 5.73 Å². The van der Waals surface area contributed by atoms with Gasteiger partial charge in [0.25, 0.3) is 0 Å². The Hall–Kier alpha value is -1.93. The number of hydrogen-bond acceptors (Lipinski definition) is 3. The van der Waals surface area contributed by atoms with Crippen molar-refractivity contribution in [3.63, 3.8) is 0 Å². The maximum Gasteiger partial charge on any atom is 0.129 e. The minimum absolute atomic E-state index is 0.296. The summed E-state index contributed by atoms with van der Waals surface area (Å²) >= 11 is 6.12. The van der Waals surface area contributed by atoms with E-state index in [-0.39, 0.29) is 5.82 Å². The van der Waals surface area contributed by atoms with Crippen molar-refractivity contribution < 1.29 is 4.39 Å². The second kappa shape index (κ2) is 8.64. The first kappa shape index (κ1) is 17.4. The van der Waals surface area contributed by atoms with Gasteiger partial charge in [-0.25, -0.2) is 4.39 Å². The molecule has 0 bridgehead atoms. The highest BCUT2D eigenvalue weighted by Gasteiger charge is 2.13. The van der Waals surface area contributed by atoms with Gasteiger partial charge in [0.15, 0.2) is 0 Å². The average Bonchev–Trinajstić information content (AvgIpc) is 2.56. The zero-order chi connectivity index (χ0) is 16.7. The third kappa shape index (κ3) is 5.04. The number of nitrogens with two attached hydrogens (primary N) is 1. The molecule has 2 rings (SSSR count). The number of hydrogen-bond donors (Lipinski definition) is 1. The Morgan fingerprint density at radius 3 is 2.48 bits per heavy atom. The fourth-order valence-electron chi connectivity index (χ4n) is 2.38. The van der Waals surface area contributed by atoms with Crippen LogP contribution in [-0.4, -0.2) is 18.0 Å². The summed E-state index contributed by atoms with van der Waals surface area (Å²) in [4.78, 5) is 2.11. The van der Waals surface area contributed by atoms with E-state index in [0.29, 0.717) is 35.8 Å². The first-order valence-electron chi connectivity index (χ1n) is 7.48. The zero-order valence-electron chi connectivity index (χ0n) is 12.8. The lowest BCUT2D eigenvalue weighted by Gasteiger charge is -2.23. The van der Waals surface area contributed by atoms with E-state index in [9.17, 15) is 4.39 Å². The molecule has 0 aromatic heterocycles. The predicted molar refractivity (Wildman–Crippen MR) is 90.4 cm³/mol. The molecule has 0 spiro atoms. The molecule has 2 aromatic carbocycles. The van der Waals surface area contributed by atoms with Crippen molar-refractivity contribution >= 4 is 11.6 Å². The number of nitrogens with zero attached hydrogens (tertiary/aromatic N) is 2. The highest BCUT2D eigenvalue weighted by Crippen LogP contribution is 2.22. The number of halogens is 2. The summed E-state index contributed by atoms with van der Waals surface area (Å²) in [6.07, 6.45) is 0.822. The highest BCUT2D eigenvalue weighted by molar-refractivity contribution is 6.31. The molecule has 0 unspecified atom stereocenters. The van der Waals surface area contributed by atoms with Crippen molar-refractivity contribution in [1.29, 1.82) is 5.26 Å². The Morgan fingerprint density at radius 2 is 1.87 bits per heavy atom. The lowest BCUT2D eigenvalue weighted by atomic mass is 10.1. The van der Waals surface area contributed by atoms with Gasteiger partial charge in [-0.05, 0) is 42.8 Å². The van der Waals surface area contributed by atoms with E-state index in [0.717, 1.165) is 18.5 Å². The summed E-state index contributed by atoms with van der Waals surface area (Å²) < 4.78 is 14.0. The summed E-state index contributed by atoms with van der Waals surface area (Å²) in [5, 5.41) is 9.28. The largest absolute Gasteiger partial charge is 0.330 e. The number of rotatable bonds is 7. The van der Waals surface area contributed by atoms with E-state index >= 15 is 0 Å². The van der Waals surface area contributed by atoms with Crippen molar-refractivity contribution in [2.24, 2.45) is 5.73 Å². The monoisotopic (exact) mass is 331 g/mol. The molecule has 0 atom stereocenters. The van der Waals surface area contributed by atoms with Crippen LogP contribution in [0.4, 0.5) is 4.39 Å². The Morgan fingerprint density at radius 1 is 1.13 bits per heavy atom. The zero-order valence-corrected chi connectivity index (χ0v) is 13.6. The van der Waals surface area contributed by atoms with Crippen LogP contribution in [0.5, 0.6) is 0 Å². The molecule has 0 saturated carbocycles. The summed E-state index contributed by atoms with van der Waals surface area (Å²) in [5.41, 5.74) is 7.79. The van der Waals surface area contributed by atoms with Gasteiger partial charge < -0.3 is 5.73 Å². The molecule has 5 heteroatoms. The standard InChI is InChI=1S/C18H19ClFN3/c19-17-3-1-4-18(20)16(17)13-23(10-2-9-21)12-15-7-5-14(11-22)6-8-15/h1,3-8H,2,9-10,12-13,21H2. The fourth-order valence-corrected chi connectivity index (χ4v) is 2.60. The number of nitriles is 1. The van der Waals surface area contributed by atoms with E-state index in [4.69, 9.17) is 22.6 Å². The lowest BCUT2D eigenvalue weighted by molar-refractivity contribution is 0.251. The molecule has 2 N–H and O–H groups in total. The van der Waals surface area contributed by atoms with Gasteiger partial charge in [-0.15, -0.1) is 0 Å². The molecule has 2 aromatic rings. The SMILES string of the molecule is N#Cc1ccc(CN(CCCN)Cc2c(F)cccc2Cl)cc1. The van der Waals surface area contributed by atoms with Crippen LogP contribution in [0, 0.1) is 17.1 Å². The van der Waals surface area contributed by atoms with E-state index in [1.807, 2.05) is 12.1 Å². The molecule has 23 heavy (non-hydrogen) atoms. The van der Waals surface area contributed by atoms with Crippen molar-refractivity contribution in [3.05, 3.63) is 70.0 Å². The maximum atomic E-state index is 14.0. The van der Waals surface area contributed by atoms with Gasteiger partial charge in [0.05, 0.1) is 11.6 Å². The average molecular weight is 332 g/mol. The van der Waals surface area contributed by atoms with Crippen LogP contribution >= 0.6 is 11.6 Å². The van der Waals surface area contributed by atoms with Crippen LogP contribution in [0.15, 0.2) is 42.5 Å². The molecule has 0 radical (unpaired) electrons. The smallest absolute Gasteiger partial charge is 0.129 e. The first-order valence-corrected chi connectivity index (χ1v) is 7.86. The molecular weight excluding hydrogens is 313 g/mol. The molecule has 0 heterocycles. The third-order valence-electron chi connectivity index (χ3n) is 3.61. The van der Waals surface area contributed by atoms with Crippen molar-refractivity contribution in [2.45, 2.75) is 19.5 Å². The minimum atomic E-state index is -0.296. The Bertz CT molecular complexity index is 659. The third-order valence-corrected chi connectivity index (χ3v) is 3.97. The fraction of sp³-hybridized carbons (Fsp3) is 0.278. The summed E-state index contributed by atoms with van der Waals surface area (Å²) in [6.45, 7) is 2.40. The lowest BCUT2D eigenvalue weighted by Crippen LogP contribution is -2.26. The van der Waals surface area contributed by atoms with Crippen LogP contribution in [0.1, 0.15) is 23.1 Å². The maximum absolute atomic E-state index is 14.0. The van der Waals surface area contributed by atoms with Crippen molar-refractivity contribution in [1.82, 2.24) is 4.90 Å². The van der Waals surface area contributed by atoms with Gasteiger partial charge >= 0.3 is 0 Å². The quantitative estimate of drug-likeness (QED) is 0.841. The van der Waals surface area contributed by atoms with E-state index < -0.39 is 0 Å². The second-order valence-electron chi connectivity index (χ2n) is 5.36. The molecule has 0 amide bonds. The first-order chi connectivity index (χ1) is 11.1. The van der Waals surface area contributed by atoms with Crippen LogP contribution in [-0.2, 0) is 13.1 Å². The topological polar surface area (TPSA) is 53.0 Å². The van der Waals surface area contributed by atoms with Crippen LogP contribution in [0.2, 0.25) is 5.02 Å². The van der Waals surface area contributed by atoms with E-state index in [2.05, 4.69) is 11.0 Å². The van der Waals surface area contributed by atoms with Gasteiger partial charge in [0.1, 0.15) is 5.82 Å². The van der Waals surface area contributed by atoms with Gasteiger partial charge in [0, 0.05) is 30.2 Å². The summed E-state index contributed by atoms with van der Waals surface area (Å²) in [5.74, 6) is -0.296. The van der Waals surface area contributed by atoms with E-state index in [1.165, 1.54) is 6.07 Å².